The van der Waals surface area contributed by atoms with Crippen molar-refractivity contribution in [2.24, 2.45) is 0 Å². The number of anilines is 1. The first-order valence-electron chi connectivity index (χ1n) is 7.39. The Morgan fingerprint density at radius 3 is 2.29 bits per heavy atom. The lowest BCUT2D eigenvalue weighted by Gasteiger charge is -2.16. The van der Waals surface area contributed by atoms with E-state index in [0.29, 0.717) is 22.8 Å². The molecule has 2 aromatic rings. The monoisotopic (exact) mass is 346 g/mol. The fourth-order valence-electron chi connectivity index (χ4n) is 2.21. The molecule has 1 N–H and O–H groups in total. The number of methoxy groups -OCH3 is 1. The molecule has 2 rings (SSSR count). The molecule has 0 aliphatic carbocycles. The number of ether oxygens (including phenoxy) is 1. The molecule has 6 heteroatoms. The maximum absolute atomic E-state index is 12.1. The molecule has 1 amide bonds. The summed E-state index contributed by atoms with van der Waals surface area (Å²) >= 11 is 5.86. The van der Waals surface area contributed by atoms with Gasteiger partial charge in [-0.05, 0) is 49.0 Å². The number of halogens is 1. The quantitative estimate of drug-likeness (QED) is 0.816. The first kappa shape index (κ1) is 18.0. The molecule has 5 nitrogen and oxygen atoms in total. The Labute approximate surface area is 146 Å². The highest BCUT2D eigenvalue weighted by Crippen LogP contribution is 2.12. The minimum Gasteiger partial charge on any atom is -0.465 e. The first-order chi connectivity index (χ1) is 11.5. The van der Waals surface area contributed by atoms with Gasteiger partial charge in [-0.15, -0.1) is 0 Å². The van der Waals surface area contributed by atoms with E-state index in [1.165, 1.54) is 7.11 Å². The minimum absolute atomic E-state index is 0.128. The summed E-state index contributed by atoms with van der Waals surface area (Å²) in [4.78, 5) is 25.3. The molecular formula is C18H19ClN2O3. The van der Waals surface area contributed by atoms with Crippen LogP contribution in [0.3, 0.4) is 0 Å². The molecule has 0 saturated heterocycles. The summed E-state index contributed by atoms with van der Waals surface area (Å²) in [5, 5.41) is 3.49. The molecule has 126 valence electrons. The Balaban J connectivity index is 1.85. The van der Waals surface area contributed by atoms with Gasteiger partial charge in [0.15, 0.2) is 0 Å². The molecule has 24 heavy (non-hydrogen) atoms. The number of hydrogen-bond donors (Lipinski definition) is 1. The number of benzene rings is 2. The SMILES string of the molecule is COC(=O)c1ccc(NC(=O)CN(C)Cc2ccc(Cl)cc2)cc1. The van der Waals surface area contributed by atoms with Crippen LogP contribution >= 0.6 is 11.6 Å². The lowest BCUT2D eigenvalue weighted by Crippen LogP contribution is -2.29. The molecule has 0 spiro atoms. The van der Waals surface area contributed by atoms with E-state index in [2.05, 4.69) is 10.1 Å². The van der Waals surface area contributed by atoms with Crippen LogP contribution in [0.15, 0.2) is 48.5 Å². The van der Waals surface area contributed by atoms with E-state index in [1.807, 2.05) is 36.2 Å². The molecule has 0 radical (unpaired) electrons. The van der Waals surface area contributed by atoms with Crippen molar-refractivity contribution in [3.05, 3.63) is 64.7 Å². The largest absolute Gasteiger partial charge is 0.465 e. The predicted molar refractivity (Wildman–Crippen MR) is 94.2 cm³/mol. The number of esters is 1. The highest BCUT2D eigenvalue weighted by molar-refractivity contribution is 6.30. The summed E-state index contributed by atoms with van der Waals surface area (Å²) in [6.07, 6.45) is 0. The zero-order valence-corrected chi connectivity index (χ0v) is 14.3. The third-order valence-electron chi connectivity index (χ3n) is 3.37. The van der Waals surface area contributed by atoms with Crippen molar-refractivity contribution in [2.75, 3.05) is 26.0 Å². The van der Waals surface area contributed by atoms with Gasteiger partial charge in [-0.2, -0.15) is 0 Å². The van der Waals surface area contributed by atoms with Crippen molar-refractivity contribution in [1.29, 1.82) is 0 Å². The zero-order chi connectivity index (χ0) is 17.5. The lowest BCUT2D eigenvalue weighted by atomic mass is 10.2. The fraction of sp³-hybridized carbons (Fsp3) is 0.222. The van der Waals surface area contributed by atoms with Crippen LogP contribution in [0.5, 0.6) is 0 Å². The average molecular weight is 347 g/mol. The number of nitrogens with one attached hydrogen (secondary N) is 1. The van der Waals surface area contributed by atoms with E-state index in [9.17, 15) is 9.59 Å². The summed E-state index contributed by atoms with van der Waals surface area (Å²) in [5.74, 6) is -0.534. The second kappa shape index (κ2) is 8.47. The number of carbonyl (C=O) groups is 2. The topological polar surface area (TPSA) is 58.6 Å². The summed E-state index contributed by atoms with van der Waals surface area (Å²) < 4.78 is 4.63. The molecule has 0 aliphatic heterocycles. The van der Waals surface area contributed by atoms with Gasteiger partial charge in [-0.25, -0.2) is 4.79 Å². The lowest BCUT2D eigenvalue weighted by molar-refractivity contribution is -0.117. The van der Waals surface area contributed by atoms with Crippen LogP contribution in [0.1, 0.15) is 15.9 Å². The van der Waals surface area contributed by atoms with E-state index >= 15 is 0 Å². The summed E-state index contributed by atoms with van der Waals surface area (Å²) in [7, 11) is 3.20. The molecular weight excluding hydrogens is 328 g/mol. The van der Waals surface area contributed by atoms with Crippen LogP contribution in [0, 0.1) is 0 Å². The normalized spacial score (nSPS) is 10.5. The second-order valence-corrected chi connectivity index (χ2v) is 5.85. The molecule has 0 saturated carbocycles. The Kier molecular flexibility index (Phi) is 6.35. The van der Waals surface area contributed by atoms with Crippen molar-refractivity contribution in [3.63, 3.8) is 0 Å². The Hall–Kier alpha value is -2.37. The van der Waals surface area contributed by atoms with E-state index in [1.54, 1.807) is 24.3 Å². The number of nitrogens with zero attached hydrogens (tertiary/aromatic N) is 1. The van der Waals surface area contributed by atoms with Crippen LogP contribution in [-0.2, 0) is 16.1 Å². The van der Waals surface area contributed by atoms with E-state index in [-0.39, 0.29) is 12.5 Å². The average Bonchev–Trinajstić information content (AvgIpc) is 2.56. The molecule has 0 fully saturated rings. The zero-order valence-electron chi connectivity index (χ0n) is 13.6. The minimum atomic E-state index is -0.407. The van der Waals surface area contributed by atoms with Crippen molar-refractivity contribution in [1.82, 2.24) is 4.90 Å². The van der Waals surface area contributed by atoms with Gasteiger partial charge in [-0.1, -0.05) is 23.7 Å². The predicted octanol–water partition coefficient (Wildman–Crippen LogP) is 3.20. The van der Waals surface area contributed by atoms with Gasteiger partial charge in [0.2, 0.25) is 5.91 Å². The Bertz CT molecular complexity index is 699. The molecule has 0 aromatic heterocycles. The second-order valence-electron chi connectivity index (χ2n) is 5.42. The van der Waals surface area contributed by atoms with E-state index < -0.39 is 5.97 Å². The fourth-order valence-corrected chi connectivity index (χ4v) is 2.34. The molecule has 0 heterocycles. The number of hydrogen-bond acceptors (Lipinski definition) is 4. The van der Waals surface area contributed by atoms with Gasteiger partial charge in [0.1, 0.15) is 0 Å². The van der Waals surface area contributed by atoms with Crippen molar-refractivity contribution in [2.45, 2.75) is 6.54 Å². The van der Waals surface area contributed by atoms with Gasteiger partial charge >= 0.3 is 5.97 Å². The number of likely N-dealkylation sites (N-methyl/N-ethyl adjacent to an activating group) is 1. The summed E-state index contributed by atoms with van der Waals surface area (Å²) in [6, 6.07) is 14.1. The highest BCUT2D eigenvalue weighted by atomic mass is 35.5. The van der Waals surface area contributed by atoms with Gasteiger partial charge in [0, 0.05) is 17.3 Å². The van der Waals surface area contributed by atoms with Gasteiger partial charge in [-0.3, -0.25) is 9.69 Å². The van der Waals surface area contributed by atoms with Crippen LogP contribution in [0.2, 0.25) is 5.02 Å². The third-order valence-corrected chi connectivity index (χ3v) is 3.62. The van der Waals surface area contributed by atoms with Crippen molar-refractivity contribution < 1.29 is 14.3 Å². The molecule has 0 unspecified atom stereocenters. The molecule has 2 aromatic carbocycles. The number of rotatable bonds is 6. The Morgan fingerprint density at radius 1 is 1.08 bits per heavy atom. The summed E-state index contributed by atoms with van der Waals surface area (Å²) in [5.41, 5.74) is 2.15. The number of carbonyl (C=O) groups excluding carboxylic acids is 2. The van der Waals surface area contributed by atoms with Gasteiger partial charge < -0.3 is 10.1 Å². The highest BCUT2D eigenvalue weighted by Gasteiger charge is 2.09. The molecule has 0 aliphatic rings. The van der Waals surface area contributed by atoms with Crippen LogP contribution in [0.4, 0.5) is 5.69 Å². The molecule has 0 atom stereocenters. The molecule has 0 bridgehead atoms. The van der Waals surface area contributed by atoms with E-state index in [4.69, 9.17) is 11.6 Å². The standard InChI is InChI=1S/C18H19ClN2O3/c1-21(11-13-3-7-15(19)8-4-13)12-17(22)20-16-9-5-14(6-10-16)18(23)24-2/h3-10H,11-12H2,1-2H3,(H,20,22). The third kappa shape index (κ3) is 5.37. The maximum Gasteiger partial charge on any atom is 0.337 e. The smallest absolute Gasteiger partial charge is 0.337 e. The van der Waals surface area contributed by atoms with Crippen LogP contribution < -0.4 is 5.32 Å². The Morgan fingerprint density at radius 2 is 1.71 bits per heavy atom. The van der Waals surface area contributed by atoms with Gasteiger partial charge in [0.05, 0.1) is 19.2 Å². The first-order valence-corrected chi connectivity index (χ1v) is 7.77. The maximum atomic E-state index is 12.1. The van der Waals surface area contributed by atoms with E-state index in [0.717, 1.165) is 5.56 Å². The summed E-state index contributed by atoms with van der Waals surface area (Å²) in [6.45, 7) is 0.896. The van der Waals surface area contributed by atoms with Crippen LogP contribution in [-0.4, -0.2) is 37.5 Å². The van der Waals surface area contributed by atoms with Crippen molar-refractivity contribution >= 4 is 29.2 Å². The van der Waals surface area contributed by atoms with Crippen molar-refractivity contribution in [3.8, 4) is 0 Å². The van der Waals surface area contributed by atoms with Crippen LogP contribution in [0.25, 0.3) is 0 Å². The van der Waals surface area contributed by atoms with Gasteiger partial charge in [0.25, 0.3) is 0 Å². The number of amides is 1.